The van der Waals surface area contributed by atoms with E-state index in [9.17, 15) is 9.90 Å². The molecule has 3 heteroatoms. The standard InChI is InChI=1S/C14H17NO2/c16-7-11-5-4-10-6-9-2-1-3-12(9)14(13(10)11)15-8-17/h6,8,11,16H,1-5,7H2,(H,15,17)/t11-/m0/s1. The summed E-state index contributed by atoms with van der Waals surface area (Å²) in [7, 11) is 0. The first kappa shape index (κ1) is 10.8. The van der Waals surface area contributed by atoms with Gasteiger partial charge in [0.2, 0.25) is 6.41 Å². The van der Waals surface area contributed by atoms with Crippen molar-refractivity contribution in [3.05, 3.63) is 28.3 Å². The van der Waals surface area contributed by atoms with Gasteiger partial charge in [0.1, 0.15) is 0 Å². The van der Waals surface area contributed by atoms with E-state index in [1.807, 2.05) is 0 Å². The first-order chi connectivity index (χ1) is 8.35. The molecule has 0 aliphatic heterocycles. The highest BCUT2D eigenvalue weighted by Gasteiger charge is 2.29. The summed E-state index contributed by atoms with van der Waals surface area (Å²) in [6, 6.07) is 2.29. The van der Waals surface area contributed by atoms with Gasteiger partial charge < -0.3 is 10.4 Å². The van der Waals surface area contributed by atoms with Crippen molar-refractivity contribution in [3.8, 4) is 0 Å². The van der Waals surface area contributed by atoms with Crippen LogP contribution in [0.25, 0.3) is 0 Å². The number of hydrogen-bond acceptors (Lipinski definition) is 2. The maximum absolute atomic E-state index is 10.8. The highest BCUT2D eigenvalue weighted by molar-refractivity contribution is 5.79. The zero-order chi connectivity index (χ0) is 11.8. The maximum atomic E-state index is 10.8. The lowest BCUT2D eigenvalue weighted by molar-refractivity contribution is -0.105. The third kappa shape index (κ3) is 1.57. The van der Waals surface area contributed by atoms with Crippen LogP contribution in [0.1, 0.15) is 41.0 Å². The number of hydrogen-bond donors (Lipinski definition) is 2. The molecule has 0 saturated carbocycles. The summed E-state index contributed by atoms with van der Waals surface area (Å²) >= 11 is 0. The Kier molecular flexibility index (Phi) is 2.63. The molecule has 0 radical (unpaired) electrons. The van der Waals surface area contributed by atoms with Gasteiger partial charge in [0, 0.05) is 11.6 Å². The molecular weight excluding hydrogens is 214 g/mol. The number of amides is 1. The molecule has 1 aromatic carbocycles. The number of carbonyl (C=O) groups excluding carboxylic acids is 1. The van der Waals surface area contributed by atoms with Crippen LogP contribution in [0.5, 0.6) is 0 Å². The quantitative estimate of drug-likeness (QED) is 0.779. The highest BCUT2D eigenvalue weighted by Crippen LogP contribution is 2.43. The van der Waals surface area contributed by atoms with Crippen molar-refractivity contribution in [2.24, 2.45) is 0 Å². The molecule has 2 aliphatic carbocycles. The molecule has 0 spiro atoms. The molecule has 0 saturated heterocycles. The molecule has 2 N–H and O–H groups in total. The molecule has 0 aromatic heterocycles. The summed E-state index contributed by atoms with van der Waals surface area (Å²) < 4.78 is 0. The van der Waals surface area contributed by atoms with E-state index < -0.39 is 0 Å². The fraction of sp³-hybridized carbons (Fsp3) is 0.500. The number of rotatable bonds is 3. The minimum Gasteiger partial charge on any atom is -0.396 e. The third-order valence-electron chi connectivity index (χ3n) is 4.12. The van der Waals surface area contributed by atoms with Crippen LogP contribution in [0.15, 0.2) is 6.07 Å². The van der Waals surface area contributed by atoms with Gasteiger partial charge in [0.05, 0.1) is 6.61 Å². The van der Waals surface area contributed by atoms with Crippen LogP contribution in [-0.4, -0.2) is 18.1 Å². The lowest BCUT2D eigenvalue weighted by atomic mass is 9.94. The van der Waals surface area contributed by atoms with Crippen molar-refractivity contribution in [2.45, 2.75) is 38.0 Å². The first-order valence-corrected chi connectivity index (χ1v) is 6.33. The summed E-state index contributed by atoms with van der Waals surface area (Å²) in [5.41, 5.74) is 6.22. The van der Waals surface area contributed by atoms with E-state index in [0.717, 1.165) is 37.8 Å². The fourth-order valence-electron chi connectivity index (χ4n) is 3.38. The Bertz CT molecular complexity index is 468. The van der Waals surface area contributed by atoms with Gasteiger partial charge in [0.25, 0.3) is 0 Å². The van der Waals surface area contributed by atoms with Crippen molar-refractivity contribution < 1.29 is 9.90 Å². The summed E-state index contributed by atoms with van der Waals surface area (Å²) in [5.74, 6) is 0.207. The normalized spacial score (nSPS) is 21.1. The van der Waals surface area contributed by atoms with Crippen molar-refractivity contribution in [2.75, 3.05) is 11.9 Å². The minimum absolute atomic E-state index is 0.180. The van der Waals surface area contributed by atoms with Gasteiger partial charge in [-0.1, -0.05) is 6.07 Å². The van der Waals surface area contributed by atoms with E-state index in [0.29, 0.717) is 0 Å². The number of fused-ring (bicyclic) bond motifs is 2. The summed E-state index contributed by atoms with van der Waals surface area (Å²) in [6.45, 7) is 0.180. The van der Waals surface area contributed by atoms with Gasteiger partial charge in [-0.2, -0.15) is 0 Å². The Hall–Kier alpha value is -1.35. The molecule has 0 unspecified atom stereocenters. The van der Waals surface area contributed by atoms with E-state index in [2.05, 4.69) is 11.4 Å². The minimum atomic E-state index is 0.180. The van der Waals surface area contributed by atoms with Crippen LogP contribution < -0.4 is 5.32 Å². The Morgan fingerprint density at radius 3 is 3.00 bits per heavy atom. The molecule has 3 nitrogen and oxygen atoms in total. The van der Waals surface area contributed by atoms with Gasteiger partial charge in [-0.15, -0.1) is 0 Å². The summed E-state index contributed by atoms with van der Waals surface area (Å²) in [4.78, 5) is 10.8. The van der Waals surface area contributed by atoms with Gasteiger partial charge in [0.15, 0.2) is 0 Å². The molecule has 0 bridgehead atoms. The van der Waals surface area contributed by atoms with Crippen LogP contribution in [0.2, 0.25) is 0 Å². The summed E-state index contributed by atoms with van der Waals surface area (Å²) in [5, 5.41) is 12.3. The van der Waals surface area contributed by atoms with E-state index in [4.69, 9.17) is 0 Å². The lowest BCUT2D eigenvalue weighted by Crippen LogP contribution is -2.08. The molecule has 0 fully saturated rings. The molecule has 17 heavy (non-hydrogen) atoms. The van der Waals surface area contributed by atoms with Crippen molar-refractivity contribution in [1.82, 2.24) is 0 Å². The monoisotopic (exact) mass is 231 g/mol. The van der Waals surface area contributed by atoms with Crippen LogP contribution in [0.4, 0.5) is 5.69 Å². The molecular formula is C14H17NO2. The van der Waals surface area contributed by atoms with Gasteiger partial charge in [-0.05, 0) is 54.4 Å². The highest BCUT2D eigenvalue weighted by atomic mass is 16.3. The molecule has 1 amide bonds. The van der Waals surface area contributed by atoms with E-state index in [1.165, 1.54) is 28.7 Å². The van der Waals surface area contributed by atoms with Crippen LogP contribution in [-0.2, 0) is 24.1 Å². The van der Waals surface area contributed by atoms with Gasteiger partial charge >= 0.3 is 0 Å². The smallest absolute Gasteiger partial charge is 0.211 e. The average molecular weight is 231 g/mol. The number of aliphatic hydroxyl groups is 1. The second-order valence-corrected chi connectivity index (χ2v) is 5.00. The number of carbonyl (C=O) groups is 1. The second-order valence-electron chi connectivity index (χ2n) is 5.00. The second kappa shape index (κ2) is 4.15. The van der Waals surface area contributed by atoms with Gasteiger partial charge in [-0.25, -0.2) is 0 Å². The van der Waals surface area contributed by atoms with Crippen molar-refractivity contribution in [3.63, 3.8) is 0 Å². The lowest BCUT2D eigenvalue weighted by Gasteiger charge is -2.17. The Balaban J connectivity index is 2.18. The number of benzene rings is 1. The van der Waals surface area contributed by atoms with Crippen LogP contribution in [0.3, 0.4) is 0 Å². The Morgan fingerprint density at radius 2 is 2.24 bits per heavy atom. The van der Waals surface area contributed by atoms with Crippen molar-refractivity contribution in [1.29, 1.82) is 0 Å². The molecule has 0 heterocycles. The summed E-state index contributed by atoms with van der Waals surface area (Å²) in [6.07, 6.45) is 6.15. The van der Waals surface area contributed by atoms with E-state index in [1.54, 1.807) is 0 Å². The van der Waals surface area contributed by atoms with Crippen LogP contribution >= 0.6 is 0 Å². The molecule has 3 rings (SSSR count). The van der Waals surface area contributed by atoms with Crippen molar-refractivity contribution >= 4 is 12.1 Å². The average Bonchev–Trinajstić information content (AvgIpc) is 2.94. The zero-order valence-electron chi connectivity index (χ0n) is 9.83. The number of nitrogens with one attached hydrogen (secondary N) is 1. The van der Waals surface area contributed by atoms with Crippen LogP contribution in [0, 0.1) is 0 Å². The number of aliphatic hydroxyl groups excluding tert-OH is 1. The molecule has 90 valence electrons. The molecule has 1 aromatic rings. The predicted octanol–water partition coefficient (Wildman–Crippen LogP) is 1.77. The largest absolute Gasteiger partial charge is 0.396 e. The molecule has 2 aliphatic rings. The maximum Gasteiger partial charge on any atom is 0.211 e. The Labute approximate surface area is 101 Å². The topological polar surface area (TPSA) is 49.3 Å². The Morgan fingerprint density at radius 1 is 1.35 bits per heavy atom. The number of anilines is 1. The molecule has 1 atom stereocenters. The fourth-order valence-corrected chi connectivity index (χ4v) is 3.38. The first-order valence-electron chi connectivity index (χ1n) is 6.33. The van der Waals surface area contributed by atoms with E-state index >= 15 is 0 Å². The van der Waals surface area contributed by atoms with E-state index in [-0.39, 0.29) is 12.5 Å². The number of aryl methyl sites for hydroxylation is 2. The predicted molar refractivity (Wildman–Crippen MR) is 66.3 cm³/mol. The zero-order valence-corrected chi connectivity index (χ0v) is 9.83. The van der Waals surface area contributed by atoms with Gasteiger partial charge in [-0.3, -0.25) is 4.79 Å². The third-order valence-corrected chi connectivity index (χ3v) is 4.12. The SMILES string of the molecule is O=CNc1c2c(cc3c1[C@H](CO)CC3)CCC2.